The van der Waals surface area contributed by atoms with Crippen molar-refractivity contribution in [3.05, 3.63) is 0 Å². The van der Waals surface area contributed by atoms with Gasteiger partial charge in [-0.2, -0.15) is 13.2 Å². The van der Waals surface area contributed by atoms with Crippen molar-refractivity contribution in [2.45, 2.75) is 45.3 Å². The van der Waals surface area contributed by atoms with E-state index in [1.165, 1.54) is 4.90 Å². The highest BCUT2D eigenvalue weighted by Gasteiger charge is 2.58. The van der Waals surface area contributed by atoms with Crippen molar-refractivity contribution in [3.8, 4) is 0 Å². The number of hydrogen-bond donors (Lipinski definition) is 1. The van der Waals surface area contributed by atoms with Crippen molar-refractivity contribution in [1.82, 2.24) is 4.90 Å². The van der Waals surface area contributed by atoms with Gasteiger partial charge >= 0.3 is 6.18 Å². The third-order valence-corrected chi connectivity index (χ3v) is 4.59. The van der Waals surface area contributed by atoms with Crippen molar-refractivity contribution in [3.63, 3.8) is 0 Å². The molecule has 1 spiro atoms. The molecule has 1 unspecified atom stereocenters. The largest absolute Gasteiger partial charge is 0.402 e. The number of hydrogen-bond acceptors (Lipinski definition) is 2. The molecular formula is C12H19F3N2O. The highest BCUT2D eigenvalue weighted by molar-refractivity contribution is 5.83. The molecule has 18 heavy (non-hydrogen) atoms. The molecule has 2 rings (SSSR count). The summed E-state index contributed by atoms with van der Waals surface area (Å²) >= 11 is 0. The first-order valence-electron chi connectivity index (χ1n) is 6.22. The molecule has 2 fully saturated rings. The Bertz CT molecular complexity index is 361. The number of nitrogens with zero attached hydrogens (tertiary/aromatic N) is 1. The van der Waals surface area contributed by atoms with Crippen LogP contribution in [0.3, 0.4) is 0 Å². The minimum atomic E-state index is -4.52. The third-order valence-electron chi connectivity index (χ3n) is 4.59. The van der Waals surface area contributed by atoms with Crippen LogP contribution in [0.5, 0.6) is 0 Å². The lowest BCUT2D eigenvalue weighted by Gasteiger charge is -2.41. The van der Waals surface area contributed by atoms with Gasteiger partial charge in [-0.3, -0.25) is 4.79 Å². The molecule has 0 aromatic rings. The lowest BCUT2D eigenvalue weighted by atomic mass is 9.66. The van der Waals surface area contributed by atoms with Gasteiger partial charge in [0.25, 0.3) is 0 Å². The van der Waals surface area contributed by atoms with Crippen LogP contribution in [0.2, 0.25) is 0 Å². The summed E-state index contributed by atoms with van der Waals surface area (Å²) in [5.74, 6) is -0.853. The molecule has 1 atom stereocenters. The van der Waals surface area contributed by atoms with Gasteiger partial charge in [0.2, 0.25) is 5.91 Å². The Morgan fingerprint density at radius 3 is 2.22 bits per heavy atom. The zero-order valence-electron chi connectivity index (χ0n) is 10.7. The van der Waals surface area contributed by atoms with Crippen molar-refractivity contribution < 1.29 is 18.0 Å². The Kier molecular flexibility index (Phi) is 2.92. The highest BCUT2D eigenvalue weighted by Crippen LogP contribution is 2.49. The number of nitrogens with two attached hydrogens (primary N) is 1. The molecular weight excluding hydrogens is 245 g/mol. The summed E-state index contributed by atoms with van der Waals surface area (Å²) in [6.45, 7) is 2.50. The van der Waals surface area contributed by atoms with Crippen LogP contribution in [-0.4, -0.2) is 36.1 Å². The lowest BCUT2D eigenvalue weighted by molar-refractivity contribution is -0.217. The maximum atomic E-state index is 12.8. The van der Waals surface area contributed by atoms with E-state index in [9.17, 15) is 18.0 Å². The van der Waals surface area contributed by atoms with Gasteiger partial charge in [-0.05, 0) is 26.7 Å². The van der Waals surface area contributed by atoms with E-state index in [0.717, 1.165) is 33.1 Å². The topological polar surface area (TPSA) is 46.3 Å². The van der Waals surface area contributed by atoms with Crippen LogP contribution in [-0.2, 0) is 4.79 Å². The van der Waals surface area contributed by atoms with Crippen LogP contribution in [0.4, 0.5) is 13.2 Å². The number of alkyl halides is 3. The standard InChI is InChI=1S/C12H19F3N2O/c1-10(2,12(13,14)15)9(18)17-6-8(16)11(7-17)4-3-5-11/h8H,3-7,16H2,1-2H3. The summed E-state index contributed by atoms with van der Waals surface area (Å²) in [6.07, 6.45) is -1.63. The molecule has 2 N–H and O–H groups in total. The van der Waals surface area contributed by atoms with E-state index in [0.29, 0.717) is 6.54 Å². The molecule has 1 aliphatic carbocycles. The number of likely N-dealkylation sites (tertiary alicyclic amines) is 1. The Morgan fingerprint density at radius 1 is 1.33 bits per heavy atom. The number of halogens is 3. The fraction of sp³-hybridized carbons (Fsp3) is 0.917. The molecule has 3 nitrogen and oxygen atoms in total. The van der Waals surface area contributed by atoms with Crippen molar-refractivity contribution in [2.75, 3.05) is 13.1 Å². The molecule has 1 saturated heterocycles. The average molecular weight is 264 g/mol. The Balaban J connectivity index is 2.12. The van der Waals surface area contributed by atoms with Crippen LogP contribution in [0, 0.1) is 10.8 Å². The number of amides is 1. The first kappa shape index (κ1) is 13.6. The molecule has 1 saturated carbocycles. The molecule has 0 radical (unpaired) electrons. The van der Waals surface area contributed by atoms with Crippen LogP contribution in [0.1, 0.15) is 33.1 Å². The number of rotatable bonds is 1. The third kappa shape index (κ3) is 1.81. The zero-order valence-corrected chi connectivity index (χ0v) is 10.7. The first-order chi connectivity index (χ1) is 8.10. The highest BCUT2D eigenvalue weighted by atomic mass is 19.4. The quantitative estimate of drug-likeness (QED) is 0.786. The van der Waals surface area contributed by atoms with Crippen LogP contribution >= 0.6 is 0 Å². The van der Waals surface area contributed by atoms with Crippen LogP contribution < -0.4 is 5.73 Å². The first-order valence-corrected chi connectivity index (χ1v) is 6.22. The van der Waals surface area contributed by atoms with Crippen molar-refractivity contribution in [1.29, 1.82) is 0 Å². The van der Waals surface area contributed by atoms with Gasteiger partial charge in [0, 0.05) is 24.5 Å². The maximum absolute atomic E-state index is 12.8. The van der Waals surface area contributed by atoms with Crippen molar-refractivity contribution in [2.24, 2.45) is 16.6 Å². The summed E-state index contributed by atoms with van der Waals surface area (Å²) in [4.78, 5) is 13.3. The van der Waals surface area contributed by atoms with Gasteiger partial charge in [0.05, 0.1) is 0 Å². The van der Waals surface area contributed by atoms with Crippen molar-refractivity contribution >= 4 is 5.91 Å². The molecule has 6 heteroatoms. The maximum Gasteiger partial charge on any atom is 0.402 e. The summed E-state index contributed by atoms with van der Waals surface area (Å²) in [5, 5.41) is 0. The minimum Gasteiger partial charge on any atom is -0.340 e. The minimum absolute atomic E-state index is 0.114. The van der Waals surface area contributed by atoms with E-state index < -0.39 is 17.5 Å². The van der Waals surface area contributed by atoms with Crippen LogP contribution in [0.15, 0.2) is 0 Å². The molecule has 0 aromatic carbocycles. The Morgan fingerprint density at radius 2 is 1.89 bits per heavy atom. The normalized spacial score (nSPS) is 27.4. The molecule has 104 valence electrons. The molecule has 1 amide bonds. The van der Waals surface area contributed by atoms with Gasteiger partial charge in [-0.25, -0.2) is 0 Å². The summed E-state index contributed by atoms with van der Waals surface area (Å²) < 4.78 is 38.5. The predicted molar refractivity (Wildman–Crippen MR) is 60.7 cm³/mol. The summed E-state index contributed by atoms with van der Waals surface area (Å²) in [6, 6.07) is -0.181. The lowest BCUT2D eigenvalue weighted by Crippen LogP contribution is -2.48. The molecule has 0 aromatic heterocycles. The van der Waals surface area contributed by atoms with E-state index in [1.54, 1.807) is 0 Å². The molecule has 0 bridgehead atoms. The SMILES string of the molecule is CC(C)(C(=O)N1CC(N)C2(CCC2)C1)C(F)(F)F. The monoisotopic (exact) mass is 264 g/mol. The van der Waals surface area contributed by atoms with E-state index in [-0.39, 0.29) is 18.0 Å². The van der Waals surface area contributed by atoms with Gasteiger partial charge in [-0.1, -0.05) is 6.42 Å². The fourth-order valence-electron chi connectivity index (χ4n) is 2.82. The molecule has 1 aliphatic heterocycles. The predicted octanol–water partition coefficient (Wildman–Crippen LogP) is 1.91. The smallest absolute Gasteiger partial charge is 0.340 e. The number of carbonyl (C=O) groups is 1. The zero-order chi connectivity index (χ0) is 13.8. The Hall–Kier alpha value is -0.780. The van der Waals surface area contributed by atoms with Gasteiger partial charge < -0.3 is 10.6 Å². The van der Waals surface area contributed by atoms with Gasteiger partial charge in [0.15, 0.2) is 0 Å². The second-order valence-corrected chi connectivity index (χ2v) is 6.13. The van der Waals surface area contributed by atoms with E-state index in [1.807, 2.05) is 0 Å². The molecule has 2 aliphatic rings. The summed E-state index contributed by atoms with van der Waals surface area (Å²) in [7, 11) is 0. The summed E-state index contributed by atoms with van der Waals surface area (Å²) in [5.41, 5.74) is 3.54. The second-order valence-electron chi connectivity index (χ2n) is 6.13. The average Bonchev–Trinajstić information content (AvgIpc) is 2.52. The van der Waals surface area contributed by atoms with Crippen LogP contribution in [0.25, 0.3) is 0 Å². The Labute approximate surface area is 104 Å². The second kappa shape index (κ2) is 3.85. The fourth-order valence-corrected chi connectivity index (χ4v) is 2.82. The van der Waals surface area contributed by atoms with E-state index in [2.05, 4.69) is 0 Å². The van der Waals surface area contributed by atoms with Gasteiger partial charge in [-0.15, -0.1) is 0 Å². The van der Waals surface area contributed by atoms with E-state index >= 15 is 0 Å². The number of carbonyl (C=O) groups excluding carboxylic acids is 1. The van der Waals surface area contributed by atoms with E-state index in [4.69, 9.17) is 5.73 Å². The molecule has 1 heterocycles. The van der Waals surface area contributed by atoms with Gasteiger partial charge in [0.1, 0.15) is 5.41 Å².